The molecule has 2 rings (SSSR count). The maximum absolute atomic E-state index is 12.3. The van der Waals surface area contributed by atoms with E-state index in [0.29, 0.717) is 0 Å². The first kappa shape index (κ1) is 20.8. The Morgan fingerprint density at radius 1 is 1.17 bits per heavy atom. The number of nitrogens with one attached hydrogen (secondary N) is 1. The molecule has 0 aliphatic heterocycles. The van der Waals surface area contributed by atoms with Gasteiger partial charge in [0, 0.05) is 29.8 Å². The summed E-state index contributed by atoms with van der Waals surface area (Å²) in [6, 6.07) is 7.28. The Morgan fingerprint density at radius 2 is 1.79 bits per heavy atom. The molecule has 0 unspecified atom stereocenters. The summed E-state index contributed by atoms with van der Waals surface area (Å²) in [4.78, 5) is 32.9. The fraction of sp³-hybridized carbons (Fsp3) is 0.111. The molecule has 11 nitrogen and oxygen atoms in total. The molecule has 0 bridgehead atoms. The van der Waals surface area contributed by atoms with Crippen LogP contribution < -0.4 is 14.9 Å². The van der Waals surface area contributed by atoms with Gasteiger partial charge in [-0.1, -0.05) is 5.92 Å². The molecular weight excluding hydrogens is 384 g/mol. The highest BCUT2D eigenvalue weighted by Crippen LogP contribution is 2.24. The van der Waals surface area contributed by atoms with Crippen molar-refractivity contribution >= 4 is 23.5 Å². The molecule has 0 saturated heterocycles. The fourth-order valence-electron chi connectivity index (χ4n) is 2.21. The third kappa shape index (κ3) is 5.27. The van der Waals surface area contributed by atoms with Crippen LogP contribution in [0.3, 0.4) is 0 Å². The average molecular weight is 398 g/mol. The number of benzene rings is 2. The van der Waals surface area contributed by atoms with Gasteiger partial charge in [0.05, 0.1) is 28.7 Å². The van der Waals surface area contributed by atoms with Crippen molar-refractivity contribution in [1.82, 2.24) is 5.43 Å². The number of hydrogen-bond acceptors (Lipinski definition) is 8. The first-order chi connectivity index (χ1) is 13.9. The van der Waals surface area contributed by atoms with Gasteiger partial charge in [-0.15, -0.1) is 6.42 Å². The van der Waals surface area contributed by atoms with Crippen LogP contribution in [0, 0.1) is 32.6 Å². The second kappa shape index (κ2) is 9.47. The number of nitrogens with zero attached hydrogens (tertiary/aromatic N) is 3. The zero-order valence-corrected chi connectivity index (χ0v) is 15.0. The Labute approximate surface area is 164 Å². The molecular formula is C18H14N4O7. The smallest absolute Gasteiger partial charge is 0.275 e. The Bertz CT molecular complexity index is 1030. The van der Waals surface area contributed by atoms with E-state index in [1.165, 1.54) is 37.4 Å². The zero-order valence-electron chi connectivity index (χ0n) is 15.0. The van der Waals surface area contributed by atoms with E-state index < -0.39 is 15.8 Å². The van der Waals surface area contributed by atoms with E-state index >= 15 is 0 Å². The molecule has 0 radical (unpaired) electrons. The number of amides is 1. The van der Waals surface area contributed by atoms with Gasteiger partial charge < -0.3 is 9.47 Å². The third-order valence-corrected chi connectivity index (χ3v) is 3.52. The summed E-state index contributed by atoms with van der Waals surface area (Å²) < 4.78 is 10.3. The van der Waals surface area contributed by atoms with Crippen molar-refractivity contribution in [3.8, 4) is 23.8 Å². The van der Waals surface area contributed by atoms with Gasteiger partial charge in [0.25, 0.3) is 17.3 Å². The lowest BCUT2D eigenvalue weighted by Crippen LogP contribution is -2.18. The number of ether oxygens (including phenoxy) is 2. The zero-order chi connectivity index (χ0) is 21.4. The Hall–Kier alpha value is -4.46. The summed E-state index contributed by atoms with van der Waals surface area (Å²) in [5, 5.41) is 25.6. The van der Waals surface area contributed by atoms with Gasteiger partial charge in [0.2, 0.25) is 0 Å². The number of terminal acetylenes is 1. The van der Waals surface area contributed by atoms with Crippen molar-refractivity contribution in [2.45, 2.75) is 0 Å². The lowest BCUT2D eigenvalue weighted by molar-refractivity contribution is -0.385. The molecule has 1 amide bonds. The standard InChI is InChI=1S/C18H14N4O7/c1-3-8-29-16-6-4-13(21(24)25)9-12(16)11-19-20-18(23)15-10-14(22(26)27)5-7-17(15)28-2/h1,4-7,9-11H,8H2,2H3,(H,20,23)/b19-11-. The molecule has 0 atom stereocenters. The predicted molar refractivity (Wildman–Crippen MR) is 102 cm³/mol. The highest BCUT2D eigenvalue weighted by Gasteiger charge is 2.17. The van der Waals surface area contributed by atoms with Gasteiger partial charge in [-0.05, 0) is 12.1 Å². The quantitative estimate of drug-likeness (QED) is 0.310. The molecule has 0 aliphatic rings. The van der Waals surface area contributed by atoms with Gasteiger partial charge in [-0.2, -0.15) is 5.10 Å². The lowest BCUT2D eigenvalue weighted by atomic mass is 10.1. The highest BCUT2D eigenvalue weighted by molar-refractivity contribution is 5.98. The van der Waals surface area contributed by atoms with E-state index in [1.807, 2.05) is 0 Å². The minimum absolute atomic E-state index is 0.0735. The normalized spacial score (nSPS) is 10.2. The molecule has 2 aromatic carbocycles. The summed E-state index contributed by atoms with van der Waals surface area (Å²) in [6.07, 6.45) is 6.26. The molecule has 0 aliphatic carbocycles. The Morgan fingerprint density at radius 3 is 2.38 bits per heavy atom. The van der Waals surface area contributed by atoms with Crippen LogP contribution in [0.25, 0.3) is 0 Å². The van der Waals surface area contributed by atoms with E-state index in [1.54, 1.807) is 0 Å². The average Bonchev–Trinajstić information content (AvgIpc) is 2.71. The van der Waals surface area contributed by atoms with E-state index in [9.17, 15) is 25.0 Å². The fourth-order valence-corrected chi connectivity index (χ4v) is 2.21. The van der Waals surface area contributed by atoms with Crippen molar-refractivity contribution in [3.63, 3.8) is 0 Å². The van der Waals surface area contributed by atoms with Crippen LogP contribution in [0.2, 0.25) is 0 Å². The first-order valence-electron chi connectivity index (χ1n) is 7.88. The third-order valence-electron chi connectivity index (χ3n) is 3.52. The van der Waals surface area contributed by atoms with E-state index in [4.69, 9.17) is 15.9 Å². The van der Waals surface area contributed by atoms with Gasteiger partial charge in [0.1, 0.15) is 18.1 Å². The minimum atomic E-state index is -0.779. The molecule has 1 N–H and O–H groups in total. The van der Waals surface area contributed by atoms with Crippen LogP contribution >= 0.6 is 0 Å². The summed E-state index contributed by atoms with van der Waals surface area (Å²) in [7, 11) is 1.30. The maximum atomic E-state index is 12.3. The summed E-state index contributed by atoms with van der Waals surface area (Å²) in [6.45, 7) is -0.0735. The Kier molecular flexibility index (Phi) is 6.81. The molecule has 29 heavy (non-hydrogen) atoms. The van der Waals surface area contributed by atoms with Crippen molar-refractivity contribution in [1.29, 1.82) is 0 Å². The molecule has 0 saturated carbocycles. The van der Waals surface area contributed by atoms with Gasteiger partial charge >= 0.3 is 0 Å². The molecule has 0 heterocycles. The van der Waals surface area contributed by atoms with Crippen LogP contribution in [-0.4, -0.2) is 35.7 Å². The highest BCUT2D eigenvalue weighted by atomic mass is 16.6. The topological polar surface area (TPSA) is 146 Å². The SMILES string of the molecule is C#CCOc1ccc([N+](=O)[O-])cc1/C=N\NC(=O)c1cc([N+](=O)[O-])ccc1OC. The molecule has 148 valence electrons. The van der Waals surface area contributed by atoms with Crippen molar-refractivity contribution in [3.05, 3.63) is 67.8 Å². The van der Waals surface area contributed by atoms with Gasteiger partial charge in [-0.3, -0.25) is 25.0 Å². The molecule has 0 fully saturated rings. The van der Waals surface area contributed by atoms with E-state index in [2.05, 4.69) is 16.4 Å². The van der Waals surface area contributed by atoms with Gasteiger partial charge in [0.15, 0.2) is 0 Å². The number of nitro groups is 2. The molecule has 0 spiro atoms. The van der Waals surface area contributed by atoms with E-state index in [0.717, 1.165) is 12.3 Å². The monoisotopic (exact) mass is 398 g/mol. The molecule has 2 aromatic rings. The number of hydrazone groups is 1. The van der Waals surface area contributed by atoms with Crippen LogP contribution in [-0.2, 0) is 0 Å². The molecule has 11 heteroatoms. The van der Waals surface area contributed by atoms with Crippen molar-refractivity contribution in [2.24, 2.45) is 5.10 Å². The van der Waals surface area contributed by atoms with Crippen LogP contribution in [0.4, 0.5) is 11.4 Å². The number of rotatable bonds is 8. The minimum Gasteiger partial charge on any atom is -0.496 e. The van der Waals surface area contributed by atoms with Crippen LogP contribution in [0.5, 0.6) is 11.5 Å². The summed E-state index contributed by atoms with van der Waals surface area (Å²) in [5.41, 5.74) is 1.75. The second-order valence-corrected chi connectivity index (χ2v) is 5.31. The Balaban J connectivity index is 2.27. The number of hydrogen-bond donors (Lipinski definition) is 1. The van der Waals surface area contributed by atoms with Crippen molar-refractivity contribution in [2.75, 3.05) is 13.7 Å². The molecule has 0 aromatic heterocycles. The maximum Gasteiger partial charge on any atom is 0.275 e. The van der Waals surface area contributed by atoms with E-state index in [-0.39, 0.29) is 40.6 Å². The van der Waals surface area contributed by atoms with Crippen molar-refractivity contribution < 1.29 is 24.1 Å². The van der Waals surface area contributed by atoms with Crippen LogP contribution in [0.15, 0.2) is 41.5 Å². The first-order valence-corrected chi connectivity index (χ1v) is 7.88. The number of methoxy groups -OCH3 is 1. The predicted octanol–water partition coefficient (Wildman–Crippen LogP) is 2.29. The lowest BCUT2D eigenvalue weighted by Gasteiger charge is -2.07. The number of carbonyl (C=O) groups excluding carboxylic acids is 1. The van der Waals surface area contributed by atoms with Gasteiger partial charge in [-0.25, -0.2) is 5.43 Å². The largest absolute Gasteiger partial charge is 0.496 e. The number of nitro benzene ring substituents is 2. The van der Waals surface area contributed by atoms with Crippen LogP contribution in [0.1, 0.15) is 15.9 Å². The number of carbonyl (C=O) groups is 1. The summed E-state index contributed by atoms with van der Waals surface area (Å²) in [5.74, 6) is 1.81. The number of non-ortho nitro benzene ring substituents is 2. The summed E-state index contributed by atoms with van der Waals surface area (Å²) >= 11 is 0. The second-order valence-electron chi connectivity index (χ2n) is 5.31.